The maximum atomic E-state index is 11.7. The highest BCUT2D eigenvalue weighted by atomic mass is 35.5. The Labute approximate surface area is 104 Å². The van der Waals surface area contributed by atoms with Gasteiger partial charge in [0.15, 0.2) is 0 Å². The van der Waals surface area contributed by atoms with Gasteiger partial charge in [-0.25, -0.2) is 0 Å². The van der Waals surface area contributed by atoms with Gasteiger partial charge in [-0.2, -0.15) is 0 Å². The van der Waals surface area contributed by atoms with E-state index in [9.17, 15) is 9.59 Å². The van der Waals surface area contributed by atoms with Crippen LogP contribution in [0, 0.1) is 0 Å². The van der Waals surface area contributed by atoms with Crippen LogP contribution in [0.15, 0.2) is 36.9 Å². The average molecular weight is 254 g/mol. The van der Waals surface area contributed by atoms with E-state index in [1.807, 2.05) is 0 Å². The second-order valence-corrected chi connectivity index (χ2v) is 3.78. The summed E-state index contributed by atoms with van der Waals surface area (Å²) >= 11 is 5.73. The zero-order valence-electron chi connectivity index (χ0n) is 9.10. The largest absolute Gasteiger partial charge is 0.480 e. The number of carbonyl (C=O) groups is 2. The van der Waals surface area contributed by atoms with E-state index in [2.05, 4.69) is 6.58 Å². The second-order valence-electron chi connectivity index (χ2n) is 3.34. The number of hydrogen-bond donors (Lipinski definition) is 1. The van der Waals surface area contributed by atoms with Crippen molar-refractivity contribution in [2.75, 3.05) is 11.4 Å². The first-order chi connectivity index (χ1) is 8.04. The van der Waals surface area contributed by atoms with Crippen LogP contribution in [0.2, 0.25) is 5.02 Å². The van der Waals surface area contributed by atoms with E-state index in [1.54, 1.807) is 24.3 Å². The van der Waals surface area contributed by atoms with Crippen LogP contribution in [0.25, 0.3) is 0 Å². The average Bonchev–Trinajstić information content (AvgIpc) is 2.27. The number of carbonyl (C=O) groups excluding carboxylic acids is 1. The van der Waals surface area contributed by atoms with E-state index in [0.29, 0.717) is 10.7 Å². The van der Waals surface area contributed by atoms with Crippen molar-refractivity contribution in [3.8, 4) is 0 Å². The lowest BCUT2D eigenvalue weighted by atomic mass is 10.2. The number of amides is 1. The lowest BCUT2D eigenvalue weighted by Crippen LogP contribution is -2.35. The van der Waals surface area contributed by atoms with Gasteiger partial charge < -0.3 is 10.0 Å². The SMILES string of the molecule is C=CCC(=O)N(CC(=O)O)c1ccc(Cl)cc1. The van der Waals surface area contributed by atoms with Gasteiger partial charge in [0.1, 0.15) is 6.54 Å². The number of benzene rings is 1. The molecule has 0 bridgehead atoms. The third-order valence-corrected chi connectivity index (χ3v) is 2.30. The lowest BCUT2D eigenvalue weighted by Gasteiger charge is -2.20. The standard InChI is InChI=1S/C12H12ClNO3/c1-2-3-11(15)14(8-12(16)17)10-6-4-9(13)5-7-10/h2,4-7H,1,3,8H2,(H,16,17). The van der Waals surface area contributed by atoms with Crippen molar-refractivity contribution >= 4 is 29.2 Å². The van der Waals surface area contributed by atoms with Crippen LogP contribution in [0.5, 0.6) is 0 Å². The van der Waals surface area contributed by atoms with Crippen molar-refractivity contribution in [3.63, 3.8) is 0 Å². The van der Waals surface area contributed by atoms with Crippen LogP contribution in [-0.4, -0.2) is 23.5 Å². The fourth-order valence-electron chi connectivity index (χ4n) is 1.31. The van der Waals surface area contributed by atoms with E-state index in [0.717, 1.165) is 0 Å². The Morgan fingerprint density at radius 2 is 1.94 bits per heavy atom. The normalized spacial score (nSPS) is 9.71. The minimum atomic E-state index is -1.07. The fraction of sp³-hybridized carbons (Fsp3) is 0.167. The van der Waals surface area contributed by atoms with Crippen molar-refractivity contribution < 1.29 is 14.7 Å². The van der Waals surface area contributed by atoms with Crippen LogP contribution in [0.4, 0.5) is 5.69 Å². The van der Waals surface area contributed by atoms with Crippen molar-refractivity contribution in [2.24, 2.45) is 0 Å². The summed E-state index contributed by atoms with van der Waals surface area (Å²) in [5.41, 5.74) is 0.503. The zero-order valence-corrected chi connectivity index (χ0v) is 9.85. The molecule has 1 aromatic rings. The molecular weight excluding hydrogens is 242 g/mol. The monoisotopic (exact) mass is 253 g/mol. The van der Waals surface area contributed by atoms with Gasteiger partial charge in [0.05, 0.1) is 0 Å². The van der Waals surface area contributed by atoms with E-state index < -0.39 is 5.97 Å². The van der Waals surface area contributed by atoms with Crippen LogP contribution in [-0.2, 0) is 9.59 Å². The van der Waals surface area contributed by atoms with Gasteiger partial charge in [0.2, 0.25) is 5.91 Å². The second kappa shape index (κ2) is 6.06. The van der Waals surface area contributed by atoms with E-state index in [-0.39, 0.29) is 18.9 Å². The molecule has 0 spiro atoms. The fourth-order valence-corrected chi connectivity index (χ4v) is 1.44. The van der Waals surface area contributed by atoms with Crippen LogP contribution in [0.1, 0.15) is 6.42 Å². The van der Waals surface area contributed by atoms with Gasteiger partial charge in [-0.05, 0) is 24.3 Å². The van der Waals surface area contributed by atoms with Crippen LogP contribution in [0.3, 0.4) is 0 Å². The van der Waals surface area contributed by atoms with Crippen molar-refractivity contribution in [3.05, 3.63) is 41.9 Å². The van der Waals surface area contributed by atoms with E-state index >= 15 is 0 Å². The molecule has 0 aliphatic carbocycles. The number of halogens is 1. The van der Waals surface area contributed by atoms with Gasteiger partial charge in [-0.1, -0.05) is 17.7 Å². The minimum Gasteiger partial charge on any atom is -0.480 e. The summed E-state index contributed by atoms with van der Waals surface area (Å²) in [4.78, 5) is 23.6. The third kappa shape index (κ3) is 3.92. The van der Waals surface area contributed by atoms with Crippen LogP contribution >= 0.6 is 11.6 Å². The summed E-state index contributed by atoms with van der Waals surface area (Å²) in [5.74, 6) is -1.39. The van der Waals surface area contributed by atoms with Gasteiger partial charge in [0.25, 0.3) is 0 Å². The van der Waals surface area contributed by atoms with Gasteiger partial charge in [-0.15, -0.1) is 6.58 Å². The molecule has 1 rings (SSSR count). The van der Waals surface area contributed by atoms with Gasteiger partial charge >= 0.3 is 5.97 Å². The number of nitrogens with zero attached hydrogens (tertiary/aromatic N) is 1. The summed E-state index contributed by atoms with van der Waals surface area (Å²) in [5, 5.41) is 9.30. The highest BCUT2D eigenvalue weighted by molar-refractivity contribution is 6.30. The molecule has 0 heterocycles. The van der Waals surface area contributed by atoms with Crippen molar-refractivity contribution in [1.82, 2.24) is 0 Å². The summed E-state index contributed by atoms with van der Waals surface area (Å²) in [7, 11) is 0. The molecule has 17 heavy (non-hydrogen) atoms. The maximum absolute atomic E-state index is 11.7. The molecule has 1 amide bonds. The Morgan fingerprint density at radius 3 is 2.41 bits per heavy atom. The zero-order chi connectivity index (χ0) is 12.8. The van der Waals surface area contributed by atoms with Crippen LogP contribution < -0.4 is 4.90 Å². The first-order valence-electron chi connectivity index (χ1n) is 4.93. The predicted octanol–water partition coefficient (Wildman–Crippen LogP) is 2.33. The van der Waals surface area contributed by atoms with Crippen molar-refractivity contribution in [1.29, 1.82) is 0 Å². The Hall–Kier alpha value is -1.81. The molecular formula is C12H12ClNO3. The summed E-state index contributed by atoms with van der Waals surface area (Å²) < 4.78 is 0. The number of carboxylic acid groups (broad SMARTS) is 1. The molecule has 0 aliphatic heterocycles. The van der Waals surface area contributed by atoms with Crippen molar-refractivity contribution in [2.45, 2.75) is 6.42 Å². The molecule has 0 aliphatic rings. The number of hydrogen-bond acceptors (Lipinski definition) is 2. The molecule has 90 valence electrons. The summed E-state index contributed by atoms with van der Waals surface area (Å²) in [6, 6.07) is 6.42. The van der Waals surface area contributed by atoms with Gasteiger partial charge in [0, 0.05) is 17.1 Å². The summed E-state index contributed by atoms with van der Waals surface area (Å²) in [6.45, 7) is 3.07. The minimum absolute atomic E-state index is 0.0932. The topological polar surface area (TPSA) is 57.6 Å². The third-order valence-electron chi connectivity index (χ3n) is 2.05. The molecule has 5 heteroatoms. The number of rotatable bonds is 5. The molecule has 0 saturated heterocycles. The van der Waals surface area contributed by atoms with E-state index in [4.69, 9.17) is 16.7 Å². The molecule has 0 unspecified atom stereocenters. The van der Waals surface area contributed by atoms with E-state index in [1.165, 1.54) is 11.0 Å². The molecule has 1 aromatic carbocycles. The highest BCUT2D eigenvalue weighted by Crippen LogP contribution is 2.18. The number of aliphatic carboxylic acids is 1. The Balaban J connectivity index is 2.96. The Kier molecular flexibility index (Phi) is 4.72. The smallest absolute Gasteiger partial charge is 0.323 e. The molecule has 1 N–H and O–H groups in total. The highest BCUT2D eigenvalue weighted by Gasteiger charge is 2.17. The number of carboxylic acids is 1. The molecule has 0 saturated carbocycles. The Bertz CT molecular complexity index is 428. The molecule has 4 nitrogen and oxygen atoms in total. The first-order valence-corrected chi connectivity index (χ1v) is 5.31. The first kappa shape index (κ1) is 13.3. The molecule has 0 fully saturated rings. The van der Waals surface area contributed by atoms with Gasteiger partial charge in [-0.3, -0.25) is 9.59 Å². The molecule has 0 atom stereocenters. The maximum Gasteiger partial charge on any atom is 0.323 e. The molecule has 0 aromatic heterocycles. The summed E-state index contributed by atoms with van der Waals surface area (Å²) in [6.07, 6.45) is 1.53. The molecule has 0 radical (unpaired) electrons. The Morgan fingerprint density at radius 1 is 1.35 bits per heavy atom. The quantitative estimate of drug-likeness (QED) is 0.820. The predicted molar refractivity (Wildman–Crippen MR) is 66.3 cm³/mol. The lowest BCUT2D eigenvalue weighted by molar-refractivity contribution is -0.136. The number of anilines is 1.